The Morgan fingerprint density at radius 1 is 1.24 bits per heavy atom. The van der Waals surface area contributed by atoms with Crippen LogP contribution in [0, 0.1) is 5.92 Å². The van der Waals surface area contributed by atoms with Crippen molar-refractivity contribution in [2.75, 3.05) is 5.32 Å². The lowest BCUT2D eigenvalue weighted by molar-refractivity contribution is -0.120. The Labute approximate surface area is 122 Å². The first-order valence-corrected chi connectivity index (χ1v) is 7.13. The number of nitrogens with one attached hydrogen (secondary N) is 1. The van der Waals surface area contributed by atoms with Gasteiger partial charge in [0.25, 0.3) is 0 Å². The third-order valence-electron chi connectivity index (χ3n) is 3.90. The van der Waals surface area contributed by atoms with E-state index in [1.807, 2.05) is 24.3 Å². The van der Waals surface area contributed by atoms with Gasteiger partial charge in [0.2, 0.25) is 5.91 Å². The van der Waals surface area contributed by atoms with Crippen LogP contribution in [-0.4, -0.2) is 32.2 Å². The molecule has 7 heteroatoms. The molecule has 1 heterocycles. The Morgan fingerprint density at radius 3 is 2.71 bits per heavy atom. The minimum Gasteiger partial charge on any atom is -0.328 e. The van der Waals surface area contributed by atoms with Crippen molar-refractivity contribution in [2.45, 2.75) is 31.7 Å². The Kier molecular flexibility index (Phi) is 3.92. The fourth-order valence-electron chi connectivity index (χ4n) is 2.67. The maximum atomic E-state index is 12.4. The zero-order chi connectivity index (χ0) is 14.7. The molecule has 0 aliphatic heterocycles. The van der Waals surface area contributed by atoms with Gasteiger partial charge in [-0.3, -0.25) is 4.79 Å². The van der Waals surface area contributed by atoms with E-state index in [2.05, 4.69) is 20.8 Å². The van der Waals surface area contributed by atoms with E-state index in [1.165, 1.54) is 11.0 Å². The molecule has 1 aliphatic carbocycles. The fraction of sp³-hybridized carbons (Fsp3) is 0.429. The van der Waals surface area contributed by atoms with Crippen LogP contribution in [0.2, 0.25) is 0 Å². The van der Waals surface area contributed by atoms with E-state index in [9.17, 15) is 4.79 Å². The Hall–Kier alpha value is -2.28. The molecular formula is C14H18N6O. The number of nitrogens with zero attached hydrogens (tertiary/aromatic N) is 4. The summed E-state index contributed by atoms with van der Waals surface area (Å²) in [5, 5.41) is 14.1. The van der Waals surface area contributed by atoms with Gasteiger partial charge in [-0.15, -0.1) is 5.10 Å². The highest BCUT2D eigenvalue weighted by molar-refractivity contribution is 5.94. The van der Waals surface area contributed by atoms with Gasteiger partial charge in [-0.25, -0.2) is 0 Å². The molecule has 0 radical (unpaired) electrons. The van der Waals surface area contributed by atoms with Crippen LogP contribution in [0.1, 0.15) is 25.7 Å². The lowest BCUT2D eigenvalue weighted by Crippen LogP contribution is -2.32. The van der Waals surface area contributed by atoms with E-state index in [4.69, 9.17) is 5.73 Å². The number of para-hydroxylation sites is 2. The number of hydrogen-bond acceptors (Lipinski definition) is 5. The summed E-state index contributed by atoms with van der Waals surface area (Å²) >= 11 is 0. The lowest BCUT2D eigenvalue weighted by Gasteiger charge is -2.25. The summed E-state index contributed by atoms with van der Waals surface area (Å²) in [5.41, 5.74) is 7.35. The van der Waals surface area contributed by atoms with Gasteiger partial charge in [0.15, 0.2) is 0 Å². The molecule has 1 amide bonds. The van der Waals surface area contributed by atoms with E-state index in [0.29, 0.717) is 5.69 Å². The monoisotopic (exact) mass is 286 g/mol. The quantitative estimate of drug-likeness (QED) is 0.881. The Morgan fingerprint density at radius 2 is 2.00 bits per heavy atom. The summed E-state index contributed by atoms with van der Waals surface area (Å²) in [5.74, 6) is 0.0779. The second-order valence-electron chi connectivity index (χ2n) is 5.37. The van der Waals surface area contributed by atoms with E-state index < -0.39 is 0 Å². The molecule has 1 aliphatic rings. The summed E-state index contributed by atoms with van der Waals surface area (Å²) < 4.78 is 1.53. The van der Waals surface area contributed by atoms with Gasteiger partial charge in [-0.1, -0.05) is 12.1 Å². The second-order valence-corrected chi connectivity index (χ2v) is 5.37. The topological polar surface area (TPSA) is 98.7 Å². The fourth-order valence-corrected chi connectivity index (χ4v) is 2.67. The molecule has 3 N–H and O–H groups in total. The number of tetrazole rings is 1. The predicted octanol–water partition coefficient (Wildman–Crippen LogP) is 1.12. The molecule has 3 rings (SSSR count). The Balaban J connectivity index is 1.75. The van der Waals surface area contributed by atoms with Crippen LogP contribution in [-0.2, 0) is 4.79 Å². The van der Waals surface area contributed by atoms with Crippen LogP contribution in [0.4, 0.5) is 5.69 Å². The average Bonchev–Trinajstić information content (AvgIpc) is 3.02. The van der Waals surface area contributed by atoms with Crippen molar-refractivity contribution in [2.24, 2.45) is 11.7 Å². The smallest absolute Gasteiger partial charge is 0.227 e. The molecule has 21 heavy (non-hydrogen) atoms. The number of carbonyl (C=O) groups excluding carboxylic acids is 1. The third-order valence-corrected chi connectivity index (χ3v) is 3.90. The molecule has 0 saturated heterocycles. The zero-order valence-corrected chi connectivity index (χ0v) is 11.6. The molecule has 7 nitrogen and oxygen atoms in total. The van der Waals surface area contributed by atoms with E-state index in [-0.39, 0.29) is 17.9 Å². The highest BCUT2D eigenvalue weighted by atomic mass is 16.1. The van der Waals surface area contributed by atoms with Crippen molar-refractivity contribution in [1.29, 1.82) is 0 Å². The standard InChI is InChI=1S/C14H18N6O/c15-11-7-5-10(6-8-11)14(21)17-12-3-1-2-4-13(12)20-9-16-18-19-20/h1-4,9-11H,5-8,15H2,(H,17,21). The van der Waals surface area contributed by atoms with Crippen LogP contribution >= 0.6 is 0 Å². The summed E-state index contributed by atoms with van der Waals surface area (Å²) in [4.78, 5) is 12.4. The van der Waals surface area contributed by atoms with Crippen molar-refractivity contribution in [3.8, 4) is 5.69 Å². The highest BCUT2D eigenvalue weighted by Gasteiger charge is 2.25. The number of aromatic nitrogens is 4. The van der Waals surface area contributed by atoms with Crippen molar-refractivity contribution in [3.05, 3.63) is 30.6 Å². The number of anilines is 1. The van der Waals surface area contributed by atoms with Crippen LogP contribution in [0.15, 0.2) is 30.6 Å². The molecule has 1 aromatic heterocycles. The van der Waals surface area contributed by atoms with Crippen LogP contribution in [0.5, 0.6) is 0 Å². The van der Waals surface area contributed by atoms with Gasteiger partial charge in [-0.2, -0.15) is 4.68 Å². The first kappa shape index (κ1) is 13.7. The average molecular weight is 286 g/mol. The lowest BCUT2D eigenvalue weighted by atomic mass is 9.86. The molecule has 2 aromatic rings. The number of amides is 1. The van der Waals surface area contributed by atoms with Crippen molar-refractivity contribution < 1.29 is 4.79 Å². The molecular weight excluding hydrogens is 268 g/mol. The molecule has 1 aromatic carbocycles. The van der Waals surface area contributed by atoms with Crippen LogP contribution in [0.3, 0.4) is 0 Å². The minimum absolute atomic E-state index is 0.0340. The van der Waals surface area contributed by atoms with Gasteiger partial charge in [0, 0.05) is 12.0 Å². The van der Waals surface area contributed by atoms with Gasteiger partial charge >= 0.3 is 0 Å². The van der Waals surface area contributed by atoms with Gasteiger partial charge in [-0.05, 0) is 48.2 Å². The number of nitrogens with two attached hydrogens (primary N) is 1. The molecule has 0 bridgehead atoms. The van der Waals surface area contributed by atoms with Crippen molar-refractivity contribution in [3.63, 3.8) is 0 Å². The van der Waals surface area contributed by atoms with Crippen molar-refractivity contribution in [1.82, 2.24) is 20.2 Å². The zero-order valence-electron chi connectivity index (χ0n) is 11.6. The normalized spacial score (nSPS) is 22.0. The SMILES string of the molecule is NC1CCC(C(=O)Nc2ccccc2-n2cnnn2)CC1. The largest absolute Gasteiger partial charge is 0.328 e. The number of rotatable bonds is 3. The molecule has 1 fully saturated rings. The van der Waals surface area contributed by atoms with Gasteiger partial charge < -0.3 is 11.1 Å². The predicted molar refractivity (Wildman–Crippen MR) is 77.7 cm³/mol. The molecule has 0 unspecified atom stereocenters. The van der Waals surface area contributed by atoms with Crippen molar-refractivity contribution >= 4 is 11.6 Å². The maximum absolute atomic E-state index is 12.4. The highest BCUT2D eigenvalue weighted by Crippen LogP contribution is 2.26. The van der Waals surface area contributed by atoms with E-state index in [1.54, 1.807) is 0 Å². The summed E-state index contributed by atoms with van der Waals surface area (Å²) in [6, 6.07) is 7.71. The second kappa shape index (κ2) is 6.01. The molecule has 0 spiro atoms. The number of carbonyl (C=O) groups is 1. The number of benzene rings is 1. The Bertz CT molecular complexity index is 604. The molecule has 1 saturated carbocycles. The summed E-state index contributed by atoms with van der Waals surface area (Å²) in [7, 11) is 0. The number of hydrogen-bond donors (Lipinski definition) is 2. The first-order valence-electron chi connectivity index (χ1n) is 7.13. The first-order chi connectivity index (χ1) is 10.2. The summed E-state index contributed by atoms with van der Waals surface area (Å²) in [6.07, 6.45) is 5.02. The van der Waals surface area contributed by atoms with E-state index >= 15 is 0 Å². The summed E-state index contributed by atoms with van der Waals surface area (Å²) in [6.45, 7) is 0. The van der Waals surface area contributed by atoms with Gasteiger partial charge in [0.1, 0.15) is 6.33 Å². The molecule has 110 valence electrons. The maximum Gasteiger partial charge on any atom is 0.227 e. The van der Waals surface area contributed by atoms with Crippen LogP contribution < -0.4 is 11.1 Å². The minimum atomic E-state index is 0.0340. The van der Waals surface area contributed by atoms with Gasteiger partial charge in [0.05, 0.1) is 11.4 Å². The van der Waals surface area contributed by atoms with E-state index in [0.717, 1.165) is 31.4 Å². The molecule has 0 atom stereocenters. The van der Waals surface area contributed by atoms with Crippen LogP contribution in [0.25, 0.3) is 5.69 Å². The third kappa shape index (κ3) is 3.08.